The van der Waals surface area contributed by atoms with Crippen molar-refractivity contribution in [2.75, 3.05) is 19.6 Å². The van der Waals surface area contributed by atoms with E-state index in [1.807, 2.05) is 0 Å². The lowest BCUT2D eigenvalue weighted by atomic mass is 9.93. The molecule has 0 aromatic carbocycles. The normalized spacial score (nSPS) is 31.9. The van der Waals surface area contributed by atoms with Crippen molar-refractivity contribution in [3.8, 4) is 0 Å². The number of hydrogen-bond acceptors (Lipinski definition) is 2. The molecule has 1 spiro atoms. The molecule has 0 unspecified atom stereocenters. The topological polar surface area (TPSA) is 15.3 Å². The molecule has 2 nitrogen and oxygen atoms in total. The molecule has 1 heterocycles. The van der Waals surface area contributed by atoms with E-state index in [1.54, 1.807) is 4.90 Å². The van der Waals surface area contributed by atoms with Crippen molar-refractivity contribution in [3.05, 3.63) is 0 Å². The summed E-state index contributed by atoms with van der Waals surface area (Å²) >= 11 is 0. The third-order valence-corrected chi connectivity index (χ3v) is 4.79. The number of nitrogens with one attached hydrogen (secondary N) is 1. The average Bonchev–Trinajstić information content (AvgIpc) is 2.98. The van der Waals surface area contributed by atoms with E-state index in [0.717, 1.165) is 25.7 Å². The lowest BCUT2D eigenvalue weighted by Crippen LogP contribution is -2.64. The van der Waals surface area contributed by atoms with Gasteiger partial charge in [-0.05, 0) is 25.7 Å². The first-order valence-electron chi connectivity index (χ1n) is 6.54. The molecule has 0 amide bonds. The average molecular weight is 248 g/mol. The number of piperazine rings is 1. The van der Waals surface area contributed by atoms with Crippen molar-refractivity contribution >= 4 is 0 Å². The largest absolute Gasteiger partial charge is 0.406 e. The number of nitrogens with zero attached hydrogens (tertiary/aromatic N) is 1. The van der Waals surface area contributed by atoms with E-state index in [-0.39, 0.29) is 5.54 Å². The van der Waals surface area contributed by atoms with Crippen LogP contribution in [-0.2, 0) is 0 Å². The summed E-state index contributed by atoms with van der Waals surface area (Å²) in [6.45, 7) is 1.84. The third kappa shape index (κ3) is 1.78. The number of hydrogen-bond donors (Lipinski definition) is 1. The van der Waals surface area contributed by atoms with Crippen molar-refractivity contribution in [3.63, 3.8) is 0 Å². The first kappa shape index (κ1) is 11.8. The Morgan fingerprint density at radius 3 is 2.18 bits per heavy atom. The van der Waals surface area contributed by atoms with Crippen LogP contribution in [0, 0.1) is 0 Å². The van der Waals surface area contributed by atoms with Gasteiger partial charge in [0.2, 0.25) is 0 Å². The van der Waals surface area contributed by atoms with Crippen LogP contribution in [0.5, 0.6) is 0 Å². The number of rotatable bonds is 1. The maximum Gasteiger partial charge on any atom is 0.406 e. The maximum atomic E-state index is 13.1. The lowest BCUT2D eigenvalue weighted by Gasteiger charge is -2.45. The molecule has 1 saturated heterocycles. The summed E-state index contributed by atoms with van der Waals surface area (Å²) in [4.78, 5) is 1.72. The Morgan fingerprint density at radius 1 is 1.00 bits per heavy atom. The second-order valence-electron chi connectivity index (χ2n) is 5.87. The molecule has 2 saturated carbocycles. The Bertz CT molecular complexity index is 303. The first-order chi connectivity index (χ1) is 7.98. The van der Waals surface area contributed by atoms with Crippen LogP contribution in [-0.4, -0.2) is 41.8 Å². The van der Waals surface area contributed by atoms with E-state index in [0.29, 0.717) is 32.5 Å². The Morgan fingerprint density at radius 2 is 1.65 bits per heavy atom. The van der Waals surface area contributed by atoms with Gasteiger partial charge in [-0.3, -0.25) is 4.90 Å². The van der Waals surface area contributed by atoms with Gasteiger partial charge in [0.05, 0.1) is 0 Å². The van der Waals surface area contributed by atoms with Gasteiger partial charge in [0, 0.05) is 25.2 Å². The molecule has 0 bridgehead atoms. The van der Waals surface area contributed by atoms with Gasteiger partial charge in [-0.25, -0.2) is 0 Å². The zero-order valence-electron chi connectivity index (χ0n) is 9.95. The summed E-state index contributed by atoms with van der Waals surface area (Å²) in [5, 5.41) is 3.47. The van der Waals surface area contributed by atoms with E-state index in [4.69, 9.17) is 0 Å². The molecule has 0 aromatic rings. The Balaban J connectivity index is 1.76. The van der Waals surface area contributed by atoms with Crippen LogP contribution in [0.2, 0.25) is 0 Å². The molecule has 3 rings (SSSR count). The minimum atomic E-state index is -4.05. The van der Waals surface area contributed by atoms with E-state index in [1.165, 1.54) is 0 Å². The van der Waals surface area contributed by atoms with Crippen LogP contribution in [0.25, 0.3) is 0 Å². The third-order valence-electron chi connectivity index (χ3n) is 4.79. The van der Waals surface area contributed by atoms with Crippen molar-refractivity contribution in [2.24, 2.45) is 0 Å². The molecule has 5 heteroatoms. The molecule has 1 aliphatic heterocycles. The predicted octanol–water partition coefficient (Wildman–Crippen LogP) is 2.30. The minimum absolute atomic E-state index is 0.0148. The molecule has 2 aliphatic carbocycles. The molecule has 98 valence electrons. The Hall–Kier alpha value is -0.290. The number of alkyl halides is 3. The summed E-state index contributed by atoms with van der Waals surface area (Å²) in [5.74, 6) is 0. The van der Waals surface area contributed by atoms with E-state index in [9.17, 15) is 13.2 Å². The Labute approximate surface area is 99.5 Å². The van der Waals surface area contributed by atoms with Gasteiger partial charge >= 0.3 is 6.18 Å². The van der Waals surface area contributed by atoms with E-state index in [2.05, 4.69) is 5.32 Å². The molecule has 17 heavy (non-hydrogen) atoms. The van der Waals surface area contributed by atoms with Gasteiger partial charge in [0.1, 0.15) is 5.54 Å². The van der Waals surface area contributed by atoms with Crippen molar-refractivity contribution in [2.45, 2.75) is 55.8 Å². The first-order valence-corrected chi connectivity index (χ1v) is 6.54. The highest BCUT2D eigenvalue weighted by Gasteiger charge is 2.67. The number of halogens is 3. The van der Waals surface area contributed by atoms with Crippen molar-refractivity contribution in [1.29, 1.82) is 0 Å². The summed E-state index contributed by atoms with van der Waals surface area (Å²) in [7, 11) is 0. The highest BCUT2D eigenvalue weighted by molar-refractivity contribution is 5.13. The SMILES string of the molecule is FC(F)(F)C1(N2CCNC3(CCCC3)C2)CC1. The van der Waals surface area contributed by atoms with Gasteiger partial charge in [-0.1, -0.05) is 12.8 Å². The predicted molar refractivity (Wildman–Crippen MR) is 58.8 cm³/mol. The van der Waals surface area contributed by atoms with Crippen LogP contribution in [0.1, 0.15) is 38.5 Å². The molecule has 0 radical (unpaired) electrons. The fourth-order valence-electron chi connectivity index (χ4n) is 3.61. The van der Waals surface area contributed by atoms with Crippen molar-refractivity contribution < 1.29 is 13.2 Å². The van der Waals surface area contributed by atoms with Gasteiger partial charge in [0.15, 0.2) is 0 Å². The molecular formula is C12H19F3N2. The molecule has 3 aliphatic rings. The summed E-state index contributed by atoms with van der Waals surface area (Å²) in [6.07, 6.45) is 0.928. The smallest absolute Gasteiger partial charge is 0.309 e. The summed E-state index contributed by atoms with van der Waals surface area (Å²) in [5.41, 5.74) is -1.48. The van der Waals surface area contributed by atoms with Gasteiger partial charge in [-0.15, -0.1) is 0 Å². The molecule has 3 fully saturated rings. The fourth-order valence-corrected chi connectivity index (χ4v) is 3.61. The van der Waals surface area contributed by atoms with Crippen LogP contribution in [0.15, 0.2) is 0 Å². The fraction of sp³-hybridized carbons (Fsp3) is 1.00. The van der Waals surface area contributed by atoms with E-state index < -0.39 is 11.7 Å². The van der Waals surface area contributed by atoms with Crippen molar-refractivity contribution in [1.82, 2.24) is 10.2 Å². The van der Waals surface area contributed by atoms with Crippen LogP contribution in [0.3, 0.4) is 0 Å². The standard InChI is InChI=1S/C12H19F3N2/c13-12(14,15)11(5-6-11)17-8-7-16-10(9-17)3-1-2-4-10/h16H,1-9H2. The van der Waals surface area contributed by atoms with Crippen LogP contribution in [0.4, 0.5) is 13.2 Å². The van der Waals surface area contributed by atoms with Crippen LogP contribution >= 0.6 is 0 Å². The molecule has 0 atom stereocenters. The maximum absolute atomic E-state index is 13.1. The zero-order chi connectivity index (χ0) is 12.1. The highest BCUT2D eigenvalue weighted by Crippen LogP contribution is 2.54. The second kappa shape index (κ2) is 3.60. The van der Waals surface area contributed by atoms with E-state index >= 15 is 0 Å². The van der Waals surface area contributed by atoms with Gasteiger partial charge < -0.3 is 5.32 Å². The molecule has 0 aromatic heterocycles. The molecule has 1 N–H and O–H groups in total. The quantitative estimate of drug-likeness (QED) is 0.766. The minimum Gasteiger partial charge on any atom is -0.309 e. The zero-order valence-corrected chi connectivity index (χ0v) is 9.95. The summed E-state index contributed by atoms with van der Waals surface area (Å²) in [6, 6.07) is 0. The second-order valence-corrected chi connectivity index (χ2v) is 5.87. The van der Waals surface area contributed by atoms with Crippen LogP contribution < -0.4 is 5.32 Å². The summed E-state index contributed by atoms with van der Waals surface area (Å²) < 4.78 is 39.3. The van der Waals surface area contributed by atoms with Gasteiger partial charge in [0.25, 0.3) is 0 Å². The highest BCUT2D eigenvalue weighted by atomic mass is 19.4. The monoisotopic (exact) mass is 248 g/mol. The molecular weight excluding hydrogens is 229 g/mol. The Kier molecular flexibility index (Phi) is 2.50. The lowest BCUT2D eigenvalue weighted by molar-refractivity contribution is -0.201. The van der Waals surface area contributed by atoms with Gasteiger partial charge in [-0.2, -0.15) is 13.2 Å².